The summed E-state index contributed by atoms with van der Waals surface area (Å²) >= 11 is 7.74. The van der Waals surface area contributed by atoms with Crippen molar-refractivity contribution in [3.8, 4) is 0 Å². The van der Waals surface area contributed by atoms with E-state index in [0.717, 1.165) is 36.1 Å². The van der Waals surface area contributed by atoms with Crippen molar-refractivity contribution in [3.05, 3.63) is 57.3 Å². The number of anilines is 1. The number of carbonyl (C=O) groups excluding carboxylic acids is 1. The number of hydrogen-bond acceptors (Lipinski definition) is 3. The molecule has 0 unspecified atom stereocenters. The summed E-state index contributed by atoms with van der Waals surface area (Å²) in [5, 5.41) is 2.76. The van der Waals surface area contributed by atoms with Crippen molar-refractivity contribution in [2.45, 2.75) is 6.92 Å². The quantitative estimate of drug-likeness (QED) is 0.782. The summed E-state index contributed by atoms with van der Waals surface area (Å²) < 4.78 is 0. The zero-order chi connectivity index (χ0) is 16.2. The van der Waals surface area contributed by atoms with Crippen molar-refractivity contribution >= 4 is 40.6 Å². The maximum Gasteiger partial charge on any atom is 0.246 e. The largest absolute Gasteiger partial charge is 0.368 e. The normalized spacial score (nSPS) is 15.4. The first-order valence-electron chi connectivity index (χ1n) is 7.65. The molecule has 0 saturated carbocycles. The van der Waals surface area contributed by atoms with Gasteiger partial charge in [0.2, 0.25) is 5.91 Å². The Morgan fingerprint density at radius 3 is 2.70 bits per heavy atom. The molecule has 1 saturated heterocycles. The van der Waals surface area contributed by atoms with E-state index < -0.39 is 0 Å². The molecule has 0 bridgehead atoms. The SMILES string of the molecule is Cc1ccc(Cl)cc1N1CCN(C(=O)C=Cc2cccs2)CC1. The predicted molar refractivity (Wildman–Crippen MR) is 98.3 cm³/mol. The van der Waals surface area contributed by atoms with Crippen LogP contribution in [-0.2, 0) is 4.79 Å². The van der Waals surface area contributed by atoms with E-state index in [1.807, 2.05) is 46.7 Å². The van der Waals surface area contributed by atoms with Gasteiger partial charge in [-0.15, -0.1) is 11.3 Å². The number of rotatable bonds is 3. The fourth-order valence-corrected chi connectivity index (χ4v) is 3.52. The predicted octanol–water partition coefficient (Wildman–Crippen LogP) is 4.07. The molecular weight excluding hydrogens is 328 g/mol. The first-order valence-corrected chi connectivity index (χ1v) is 8.91. The number of nitrogens with zero attached hydrogens (tertiary/aromatic N) is 2. The minimum absolute atomic E-state index is 0.0841. The zero-order valence-electron chi connectivity index (χ0n) is 13.0. The molecule has 1 aliphatic heterocycles. The van der Waals surface area contributed by atoms with E-state index in [0.29, 0.717) is 0 Å². The molecule has 1 aromatic carbocycles. The van der Waals surface area contributed by atoms with Crippen LogP contribution in [0, 0.1) is 6.92 Å². The fraction of sp³-hybridized carbons (Fsp3) is 0.278. The minimum Gasteiger partial charge on any atom is -0.368 e. The molecule has 23 heavy (non-hydrogen) atoms. The average molecular weight is 347 g/mol. The molecule has 3 rings (SSSR count). The summed E-state index contributed by atoms with van der Waals surface area (Å²) in [6.45, 7) is 5.23. The zero-order valence-corrected chi connectivity index (χ0v) is 14.6. The summed E-state index contributed by atoms with van der Waals surface area (Å²) in [7, 11) is 0. The lowest BCUT2D eigenvalue weighted by molar-refractivity contribution is -0.126. The number of piperazine rings is 1. The summed E-state index contributed by atoms with van der Waals surface area (Å²) in [6.07, 6.45) is 3.56. The highest BCUT2D eigenvalue weighted by molar-refractivity contribution is 7.10. The number of carbonyl (C=O) groups is 1. The summed E-state index contributed by atoms with van der Waals surface area (Å²) in [6, 6.07) is 9.95. The van der Waals surface area contributed by atoms with Crippen molar-refractivity contribution in [3.63, 3.8) is 0 Å². The van der Waals surface area contributed by atoms with Gasteiger partial charge in [0, 0.05) is 47.8 Å². The number of benzene rings is 1. The van der Waals surface area contributed by atoms with Crippen LogP contribution >= 0.6 is 22.9 Å². The van der Waals surface area contributed by atoms with E-state index in [2.05, 4.69) is 11.8 Å². The van der Waals surface area contributed by atoms with Crippen LogP contribution in [0.1, 0.15) is 10.4 Å². The number of halogens is 1. The number of amides is 1. The van der Waals surface area contributed by atoms with Gasteiger partial charge in [-0.2, -0.15) is 0 Å². The lowest BCUT2D eigenvalue weighted by Crippen LogP contribution is -2.48. The second kappa shape index (κ2) is 7.20. The maximum absolute atomic E-state index is 12.3. The minimum atomic E-state index is 0.0841. The van der Waals surface area contributed by atoms with Crippen LogP contribution < -0.4 is 4.90 Å². The molecule has 1 amide bonds. The van der Waals surface area contributed by atoms with Gasteiger partial charge in [-0.1, -0.05) is 23.7 Å². The van der Waals surface area contributed by atoms with Gasteiger partial charge in [0.1, 0.15) is 0 Å². The van der Waals surface area contributed by atoms with E-state index >= 15 is 0 Å². The van der Waals surface area contributed by atoms with Crippen molar-refractivity contribution in [1.82, 2.24) is 4.90 Å². The third-order valence-corrected chi connectivity index (χ3v) is 5.11. The Hall–Kier alpha value is -1.78. The Labute approximate surface area is 145 Å². The maximum atomic E-state index is 12.3. The average Bonchev–Trinajstić information content (AvgIpc) is 3.08. The standard InChI is InChI=1S/C18H19ClN2OS/c1-14-4-5-15(19)13-17(14)20-8-10-21(11-9-20)18(22)7-6-16-3-2-12-23-16/h2-7,12-13H,8-11H2,1H3. The molecule has 0 aliphatic carbocycles. The Balaban J connectivity index is 1.60. The van der Waals surface area contributed by atoms with E-state index in [1.54, 1.807) is 17.4 Å². The van der Waals surface area contributed by atoms with E-state index in [9.17, 15) is 4.79 Å². The molecule has 1 aliphatic rings. The molecule has 0 atom stereocenters. The second-order valence-electron chi connectivity index (χ2n) is 5.59. The van der Waals surface area contributed by atoms with Gasteiger partial charge in [0.05, 0.1) is 0 Å². The molecular formula is C18H19ClN2OS. The highest BCUT2D eigenvalue weighted by Gasteiger charge is 2.20. The van der Waals surface area contributed by atoms with Crippen LogP contribution in [-0.4, -0.2) is 37.0 Å². The molecule has 5 heteroatoms. The van der Waals surface area contributed by atoms with E-state index in [4.69, 9.17) is 11.6 Å². The number of hydrogen-bond donors (Lipinski definition) is 0. The van der Waals surface area contributed by atoms with Crippen molar-refractivity contribution in [1.29, 1.82) is 0 Å². The summed E-state index contributed by atoms with van der Waals surface area (Å²) in [4.78, 5) is 17.6. The van der Waals surface area contributed by atoms with Gasteiger partial charge in [0.15, 0.2) is 0 Å². The van der Waals surface area contributed by atoms with Crippen molar-refractivity contribution in [2.75, 3.05) is 31.1 Å². The smallest absolute Gasteiger partial charge is 0.246 e. The number of aryl methyl sites for hydroxylation is 1. The van der Waals surface area contributed by atoms with Crippen LogP contribution in [0.2, 0.25) is 5.02 Å². The van der Waals surface area contributed by atoms with E-state index in [-0.39, 0.29) is 5.91 Å². The Kier molecular flexibility index (Phi) is 5.03. The summed E-state index contributed by atoms with van der Waals surface area (Å²) in [5.41, 5.74) is 2.38. The Morgan fingerprint density at radius 1 is 1.22 bits per heavy atom. The van der Waals surface area contributed by atoms with Crippen molar-refractivity contribution < 1.29 is 4.79 Å². The monoisotopic (exact) mass is 346 g/mol. The van der Waals surface area contributed by atoms with Crippen molar-refractivity contribution in [2.24, 2.45) is 0 Å². The van der Waals surface area contributed by atoms with Gasteiger partial charge in [0.25, 0.3) is 0 Å². The van der Waals surface area contributed by atoms with Crippen LogP contribution in [0.3, 0.4) is 0 Å². The molecule has 0 N–H and O–H groups in total. The van der Waals surface area contributed by atoms with Gasteiger partial charge < -0.3 is 9.80 Å². The Morgan fingerprint density at radius 2 is 2.00 bits per heavy atom. The second-order valence-corrected chi connectivity index (χ2v) is 7.01. The Bertz CT molecular complexity index is 704. The first kappa shape index (κ1) is 16.1. The topological polar surface area (TPSA) is 23.6 Å². The van der Waals surface area contributed by atoms with Gasteiger partial charge in [-0.25, -0.2) is 0 Å². The van der Waals surface area contributed by atoms with Gasteiger partial charge >= 0.3 is 0 Å². The van der Waals surface area contributed by atoms with Crippen LogP contribution in [0.15, 0.2) is 41.8 Å². The van der Waals surface area contributed by atoms with Crippen LogP contribution in [0.4, 0.5) is 5.69 Å². The summed E-state index contributed by atoms with van der Waals surface area (Å²) in [5.74, 6) is 0.0841. The number of thiophene rings is 1. The first-order chi connectivity index (χ1) is 11.1. The third kappa shape index (κ3) is 3.95. The third-order valence-electron chi connectivity index (χ3n) is 4.04. The molecule has 0 spiro atoms. The molecule has 2 aromatic rings. The molecule has 2 heterocycles. The van der Waals surface area contributed by atoms with E-state index in [1.165, 1.54) is 11.3 Å². The molecule has 3 nitrogen and oxygen atoms in total. The van der Waals surface area contributed by atoms with Gasteiger partial charge in [-0.3, -0.25) is 4.79 Å². The molecule has 1 aromatic heterocycles. The molecule has 120 valence electrons. The van der Waals surface area contributed by atoms with Crippen LogP contribution in [0.25, 0.3) is 6.08 Å². The fourth-order valence-electron chi connectivity index (χ4n) is 2.74. The highest BCUT2D eigenvalue weighted by Crippen LogP contribution is 2.25. The molecule has 0 radical (unpaired) electrons. The van der Waals surface area contributed by atoms with Gasteiger partial charge in [-0.05, 0) is 42.1 Å². The lowest BCUT2D eigenvalue weighted by Gasteiger charge is -2.36. The van der Waals surface area contributed by atoms with Crippen LogP contribution in [0.5, 0.6) is 0 Å². The lowest BCUT2D eigenvalue weighted by atomic mass is 10.1. The molecule has 1 fully saturated rings. The highest BCUT2D eigenvalue weighted by atomic mass is 35.5.